The number of aromatic nitrogens is 3. The fraction of sp³-hybridized carbons (Fsp3) is 0.438. The minimum atomic E-state index is -3.50. The third-order valence-electron chi connectivity index (χ3n) is 3.52. The summed E-state index contributed by atoms with van der Waals surface area (Å²) in [5, 5.41) is 10.1. The van der Waals surface area contributed by atoms with Gasteiger partial charge in [0, 0.05) is 26.4 Å². The van der Waals surface area contributed by atoms with Gasteiger partial charge in [-0.1, -0.05) is 11.8 Å². The van der Waals surface area contributed by atoms with Gasteiger partial charge in [0.15, 0.2) is 6.61 Å². The van der Waals surface area contributed by atoms with Gasteiger partial charge in [0.25, 0.3) is 5.91 Å². The highest BCUT2D eigenvalue weighted by atomic mass is 32.2. The van der Waals surface area contributed by atoms with Crippen LogP contribution in [0.1, 0.15) is 11.4 Å². The maximum absolute atomic E-state index is 12.1. The first-order valence-electron chi connectivity index (χ1n) is 8.14. The second-order valence-corrected chi connectivity index (χ2v) is 9.12. The van der Waals surface area contributed by atoms with Crippen LogP contribution in [0.25, 0.3) is 0 Å². The third kappa shape index (κ3) is 5.94. The molecule has 9 nitrogen and oxygen atoms in total. The zero-order chi connectivity index (χ0) is 20.0. The molecular formula is C16H23N5O4S2. The molecule has 0 unspecified atom stereocenters. The number of nitrogens with zero attached hydrogens (tertiary/aromatic N) is 3. The summed E-state index contributed by atoms with van der Waals surface area (Å²) in [4.78, 5) is 16.2. The summed E-state index contributed by atoms with van der Waals surface area (Å²) in [5.41, 5.74) is 0.640. The van der Waals surface area contributed by atoms with E-state index in [4.69, 9.17) is 4.74 Å². The van der Waals surface area contributed by atoms with Gasteiger partial charge >= 0.3 is 0 Å². The first-order chi connectivity index (χ1) is 12.7. The van der Waals surface area contributed by atoms with E-state index in [9.17, 15) is 13.2 Å². The Hall–Kier alpha value is -2.11. The molecule has 2 aromatic rings. The topological polar surface area (TPSA) is 117 Å². The molecule has 2 N–H and O–H groups in total. The highest BCUT2D eigenvalue weighted by Gasteiger charge is 2.18. The summed E-state index contributed by atoms with van der Waals surface area (Å²) in [5.74, 6) is 1.59. The van der Waals surface area contributed by atoms with Crippen LogP contribution in [0.15, 0.2) is 28.3 Å². The third-order valence-corrected chi connectivity index (χ3v) is 6.18. The summed E-state index contributed by atoms with van der Waals surface area (Å²) in [6.45, 7) is 3.86. The highest BCUT2D eigenvalue weighted by molar-refractivity contribution is 7.99. The largest absolute Gasteiger partial charge is 0.484 e. The minimum absolute atomic E-state index is 0.148. The number of hydrogen-bond acceptors (Lipinski definition) is 7. The summed E-state index contributed by atoms with van der Waals surface area (Å²) >= 11 is 1.44. The maximum atomic E-state index is 12.1. The lowest BCUT2D eigenvalue weighted by Gasteiger charge is -2.14. The SMILES string of the molecule is Cc1nc(SCCNC(=O)COc2ccc(S(=O)(=O)N(C)C)cc2C)n[nH]1. The Bertz CT molecular complexity index is 896. The molecular weight excluding hydrogens is 390 g/mol. The van der Waals surface area contributed by atoms with Crippen LogP contribution < -0.4 is 10.1 Å². The van der Waals surface area contributed by atoms with E-state index < -0.39 is 10.0 Å². The number of nitrogens with one attached hydrogen (secondary N) is 2. The molecule has 0 atom stereocenters. The number of benzene rings is 1. The molecule has 148 valence electrons. The van der Waals surface area contributed by atoms with Crippen LogP contribution in [-0.4, -0.2) is 66.8 Å². The van der Waals surface area contributed by atoms with Crippen molar-refractivity contribution in [3.63, 3.8) is 0 Å². The second kappa shape index (κ2) is 9.20. The molecule has 0 radical (unpaired) electrons. The average molecular weight is 414 g/mol. The molecule has 0 aliphatic heterocycles. The molecule has 0 bridgehead atoms. The Morgan fingerprint density at radius 2 is 2.07 bits per heavy atom. The van der Waals surface area contributed by atoms with Gasteiger partial charge in [-0.25, -0.2) is 17.7 Å². The smallest absolute Gasteiger partial charge is 0.257 e. The molecule has 11 heteroatoms. The quantitative estimate of drug-likeness (QED) is 0.464. The van der Waals surface area contributed by atoms with Crippen LogP contribution >= 0.6 is 11.8 Å². The van der Waals surface area contributed by atoms with E-state index >= 15 is 0 Å². The van der Waals surface area contributed by atoms with E-state index in [0.29, 0.717) is 28.8 Å². The van der Waals surface area contributed by atoms with E-state index in [1.54, 1.807) is 13.0 Å². The molecule has 0 aliphatic rings. The molecule has 2 rings (SSSR count). The van der Waals surface area contributed by atoms with Crippen molar-refractivity contribution in [3.8, 4) is 5.75 Å². The fourth-order valence-electron chi connectivity index (χ4n) is 2.07. The van der Waals surface area contributed by atoms with E-state index in [0.717, 1.165) is 10.1 Å². The van der Waals surface area contributed by atoms with Crippen LogP contribution in [-0.2, 0) is 14.8 Å². The van der Waals surface area contributed by atoms with Gasteiger partial charge in [-0.15, -0.1) is 5.10 Å². The van der Waals surface area contributed by atoms with Crippen molar-refractivity contribution in [1.29, 1.82) is 0 Å². The average Bonchev–Trinajstić information content (AvgIpc) is 3.02. The van der Waals surface area contributed by atoms with Crippen molar-refractivity contribution in [2.24, 2.45) is 0 Å². The molecule has 0 saturated heterocycles. The lowest BCUT2D eigenvalue weighted by atomic mass is 10.2. The van der Waals surface area contributed by atoms with Crippen LogP contribution in [0.3, 0.4) is 0 Å². The number of sulfonamides is 1. The number of aromatic amines is 1. The van der Waals surface area contributed by atoms with Crippen molar-refractivity contribution < 1.29 is 17.9 Å². The predicted octanol–water partition coefficient (Wildman–Crippen LogP) is 0.959. The van der Waals surface area contributed by atoms with E-state index in [2.05, 4.69) is 20.5 Å². The maximum Gasteiger partial charge on any atom is 0.257 e. The van der Waals surface area contributed by atoms with Crippen molar-refractivity contribution >= 4 is 27.7 Å². The van der Waals surface area contributed by atoms with Gasteiger partial charge in [-0.3, -0.25) is 9.89 Å². The monoisotopic (exact) mass is 413 g/mol. The number of ether oxygens (including phenoxy) is 1. The van der Waals surface area contributed by atoms with E-state index in [1.807, 2.05) is 6.92 Å². The molecule has 1 heterocycles. The van der Waals surface area contributed by atoms with Crippen LogP contribution in [0.2, 0.25) is 0 Å². The zero-order valence-electron chi connectivity index (χ0n) is 15.6. The summed E-state index contributed by atoms with van der Waals surface area (Å²) in [6.07, 6.45) is 0. The highest BCUT2D eigenvalue weighted by Crippen LogP contribution is 2.23. The summed E-state index contributed by atoms with van der Waals surface area (Å²) in [7, 11) is -0.554. The lowest BCUT2D eigenvalue weighted by Crippen LogP contribution is -2.30. The molecule has 0 spiro atoms. The fourth-order valence-corrected chi connectivity index (χ4v) is 3.75. The normalized spacial score (nSPS) is 11.6. The summed E-state index contributed by atoms with van der Waals surface area (Å²) in [6, 6.07) is 4.55. The first-order valence-corrected chi connectivity index (χ1v) is 10.6. The Morgan fingerprint density at radius 3 is 2.67 bits per heavy atom. The van der Waals surface area contributed by atoms with Gasteiger partial charge in [0.1, 0.15) is 11.6 Å². The molecule has 1 aromatic carbocycles. The van der Waals surface area contributed by atoms with Crippen LogP contribution in [0.4, 0.5) is 0 Å². The van der Waals surface area contributed by atoms with Crippen molar-refractivity contribution in [2.75, 3.05) is 33.0 Å². The van der Waals surface area contributed by atoms with Gasteiger partial charge in [-0.2, -0.15) is 0 Å². The Labute approximate surface area is 162 Å². The minimum Gasteiger partial charge on any atom is -0.484 e. The van der Waals surface area contributed by atoms with Gasteiger partial charge < -0.3 is 10.1 Å². The number of H-pyrrole nitrogens is 1. The Kier molecular flexibility index (Phi) is 7.22. The van der Waals surface area contributed by atoms with Gasteiger partial charge in [0.05, 0.1) is 4.90 Å². The van der Waals surface area contributed by atoms with E-state index in [1.165, 1.54) is 38.0 Å². The summed E-state index contributed by atoms with van der Waals surface area (Å²) < 4.78 is 30.9. The number of hydrogen-bond donors (Lipinski definition) is 2. The number of carbonyl (C=O) groups excluding carboxylic acids is 1. The van der Waals surface area contributed by atoms with Crippen molar-refractivity contribution in [2.45, 2.75) is 23.9 Å². The molecule has 1 aromatic heterocycles. The molecule has 27 heavy (non-hydrogen) atoms. The molecule has 0 fully saturated rings. The number of aryl methyl sites for hydroxylation is 2. The standard InChI is InChI=1S/C16H23N5O4S2/c1-11-9-13(27(23,24)21(3)4)5-6-14(11)25-10-15(22)17-7-8-26-16-18-12(2)19-20-16/h5-6,9H,7-8,10H2,1-4H3,(H,17,22)(H,18,19,20). The van der Waals surface area contributed by atoms with Gasteiger partial charge in [0.2, 0.25) is 15.2 Å². The van der Waals surface area contributed by atoms with Crippen LogP contribution in [0.5, 0.6) is 5.75 Å². The number of amides is 1. The molecule has 1 amide bonds. The number of thioether (sulfide) groups is 1. The van der Waals surface area contributed by atoms with Crippen molar-refractivity contribution in [3.05, 3.63) is 29.6 Å². The number of carbonyl (C=O) groups is 1. The predicted molar refractivity (Wildman–Crippen MR) is 102 cm³/mol. The Morgan fingerprint density at radius 1 is 1.33 bits per heavy atom. The zero-order valence-corrected chi connectivity index (χ0v) is 17.3. The molecule has 0 saturated carbocycles. The second-order valence-electron chi connectivity index (χ2n) is 5.91. The van der Waals surface area contributed by atoms with Crippen LogP contribution in [0, 0.1) is 13.8 Å². The molecule has 0 aliphatic carbocycles. The van der Waals surface area contributed by atoms with Gasteiger partial charge in [-0.05, 0) is 37.6 Å². The van der Waals surface area contributed by atoms with Crippen molar-refractivity contribution in [1.82, 2.24) is 24.8 Å². The first kappa shape index (κ1) is 21.2. The number of rotatable bonds is 9. The lowest BCUT2D eigenvalue weighted by molar-refractivity contribution is -0.122. The van der Waals surface area contributed by atoms with E-state index in [-0.39, 0.29) is 17.4 Å². The Balaban J connectivity index is 1.79.